The molecule has 1 N–H and O–H groups in total. The van der Waals surface area contributed by atoms with Crippen LogP contribution in [0.4, 0.5) is 0 Å². The average molecular weight is 585 g/mol. The zero-order valence-electron chi connectivity index (χ0n) is 26.7. The summed E-state index contributed by atoms with van der Waals surface area (Å²) in [5.74, 6) is -0.0364. The predicted octanol–water partition coefficient (Wildman–Crippen LogP) is 9.35. The highest BCUT2D eigenvalue weighted by Crippen LogP contribution is 2.42. The number of fused-ring (bicyclic) bond motifs is 1. The monoisotopic (exact) mass is 584 g/mol. The number of para-hydroxylation sites is 1. The molecular weight excluding hydrogens is 536 g/mol. The Kier molecular flexibility index (Phi) is 14.0. The molecule has 0 fully saturated rings. The van der Waals surface area contributed by atoms with E-state index in [1.807, 2.05) is 65.8 Å². The van der Waals surface area contributed by atoms with Crippen LogP contribution in [0, 0.1) is 10.8 Å². The maximum Gasteiger partial charge on any atom is 0.312 e. The van der Waals surface area contributed by atoms with E-state index in [0.717, 1.165) is 5.56 Å². The molecule has 0 aliphatic heterocycles. The molecule has 0 radical (unpaired) electrons. The van der Waals surface area contributed by atoms with Crippen LogP contribution in [-0.4, -0.2) is 30.3 Å². The van der Waals surface area contributed by atoms with Gasteiger partial charge in [0.15, 0.2) is 0 Å². The van der Waals surface area contributed by atoms with Gasteiger partial charge in [-0.25, -0.2) is 0 Å². The summed E-state index contributed by atoms with van der Waals surface area (Å²) in [5.41, 5.74) is -0.107. The van der Waals surface area contributed by atoms with Crippen molar-refractivity contribution >= 4 is 22.7 Å². The van der Waals surface area contributed by atoms with E-state index in [2.05, 4.69) is 60.7 Å². The summed E-state index contributed by atoms with van der Waals surface area (Å²) < 4.78 is 10.5. The minimum absolute atomic E-state index is 0.0509. The minimum Gasteiger partial charge on any atom is -0.508 e. The summed E-state index contributed by atoms with van der Waals surface area (Å²) in [6.07, 6.45) is 1.77. The van der Waals surface area contributed by atoms with E-state index in [1.54, 1.807) is 24.3 Å². The van der Waals surface area contributed by atoms with E-state index < -0.39 is 10.8 Å². The van der Waals surface area contributed by atoms with Gasteiger partial charge >= 0.3 is 11.9 Å². The van der Waals surface area contributed by atoms with Gasteiger partial charge in [0.2, 0.25) is 0 Å². The van der Waals surface area contributed by atoms with Crippen LogP contribution in [0.15, 0.2) is 109 Å². The van der Waals surface area contributed by atoms with Gasteiger partial charge in [0.25, 0.3) is 0 Å². The zero-order valence-corrected chi connectivity index (χ0v) is 26.7. The standard InChI is InChI=1S/C22H34O4.C10H8.C6H6O/c1-8-22(6,20(24)26-16(2)3)15-18(17-12-10-9-11-13-17)14-21(4,5)19(23)25-7;1-2-6-10-8-4-3-7-9(10)5-1;7-6-4-2-1-3-5-6/h9-13,16,18H,8,14-15H2,1-7H3;1-8H;1-5,7H. The second kappa shape index (κ2) is 17.1. The van der Waals surface area contributed by atoms with Crippen molar-refractivity contribution in [3.8, 4) is 5.75 Å². The van der Waals surface area contributed by atoms with E-state index in [-0.39, 0.29) is 24.0 Å². The van der Waals surface area contributed by atoms with Crippen LogP contribution in [0.25, 0.3) is 10.8 Å². The Balaban J connectivity index is 0.000000302. The van der Waals surface area contributed by atoms with Gasteiger partial charge in [-0.1, -0.05) is 104 Å². The first kappa shape index (κ1) is 35.1. The van der Waals surface area contributed by atoms with Gasteiger partial charge in [0.1, 0.15) is 5.75 Å². The van der Waals surface area contributed by atoms with Crippen LogP contribution in [0.3, 0.4) is 0 Å². The molecule has 2 unspecified atom stereocenters. The van der Waals surface area contributed by atoms with Crippen LogP contribution in [0.2, 0.25) is 0 Å². The molecule has 0 amide bonds. The molecule has 0 aliphatic carbocycles. The fourth-order valence-corrected chi connectivity index (χ4v) is 4.84. The molecule has 0 heterocycles. The predicted molar refractivity (Wildman–Crippen MR) is 176 cm³/mol. The summed E-state index contributed by atoms with van der Waals surface area (Å²) in [6, 6.07) is 35.5. The molecule has 0 saturated heterocycles. The van der Waals surface area contributed by atoms with Crippen LogP contribution >= 0.6 is 0 Å². The number of ether oxygens (including phenoxy) is 2. The lowest BCUT2D eigenvalue weighted by Gasteiger charge is -2.34. The lowest BCUT2D eigenvalue weighted by Crippen LogP contribution is -2.35. The molecule has 4 aromatic carbocycles. The first-order valence-electron chi connectivity index (χ1n) is 14.9. The molecule has 4 rings (SSSR count). The second-order valence-corrected chi connectivity index (χ2v) is 11.9. The molecule has 0 bridgehead atoms. The third-order valence-electron chi connectivity index (χ3n) is 7.49. The van der Waals surface area contributed by atoms with Crippen molar-refractivity contribution in [1.29, 1.82) is 0 Å². The third-order valence-corrected chi connectivity index (χ3v) is 7.49. The Bertz CT molecular complexity index is 1320. The normalized spacial score (nSPS) is 12.9. The number of carbonyl (C=O) groups is 2. The van der Waals surface area contributed by atoms with E-state index >= 15 is 0 Å². The van der Waals surface area contributed by atoms with Crippen LogP contribution < -0.4 is 0 Å². The quantitative estimate of drug-likeness (QED) is 0.198. The summed E-state index contributed by atoms with van der Waals surface area (Å²) in [6.45, 7) is 11.5. The highest BCUT2D eigenvalue weighted by molar-refractivity contribution is 5.82. The van der Waals surface area contributed by atoms with Crippen LogP contribution in [0.5, 0.6) is 5.75 Å². The first-order valence-corrected chi connectivity index (χ1v) is 14.9. The fourth-order valence-electron chi connectivity index (χ4n) is 4.84. The molecule has 0 aromatic heterocycles. The number of hydrogen-bond acceptors (Lipinski definition) is 5. The molecule has 230 valence electrons. The van der Waals surface area contributed by atoms with Crippen molar-refractivity contribution in [3.63, 3.8) is 0 Å². The van der Waals surface area contributed by atoms with E-state index in [4.69, 9.17) is 14.6 Å². The molecule has 0 aliphatic rings. The Morgan fingerprint density at radius 2 is 1.14 bits per heavy atom. The van der Waals surface area contributed by atoms with Gasteiger partial charge in [-0.05, 0) is 88.3 Å². The fraction of sp³-hybridized carbons (Fsp3) is 0.368. The summed E-state index contributed by atoms with van der Waals surface area (Å²) in [5, 5.41) is 11.3. The Morgan fingerprint density at radius 1 is 0.698 bits per heavy atom. The topological polar surface area (TPSA) is 72.8 Å². The van der Waals surface area contributed by atoms with E-state index in [0.29, 0.717) is 25.0 Å². The lowest BCUT2D eigenvalue weighted by atomic mass is 9.71. The Hall–Kier alpha value is -4.12. The first-order chi connectivity index (χ1) is 20.4. The minimum atomic E-state index is -0.633. The van der Waals surface area contributed by atoms with Crippen molar-refractivity contribution < 1.29 is 24.2 Å². The number of phenols is 1. The van der Waals surface area contributed by atoms with Gasteiger partial charge < -0.3 is 14.6 Å². The summed E-state index contributed by atoms with van der Waals surface area (Å²) in [4.78, 5) is 24.9. The number of hydrogen-bond donors (Lipinski definition) is 1. The van der Waals surface area contributed by atoms with Gasteiger partial charge in [-0.3, -0.25) is 9.59 Å². The number of aromatic hydroxyl groups is 1. The van der Waals surface area contributed by atoms with Gasteiger partial charge in [-0.15, -0.1) is 0 Å². The lowest BCUT2D eigenvalue weighted by molar-refractivity contribution is -0.160. The van der Waals surface area contributed by atoms with Crippen molar-refractivity contribution in [2.24, 2.45) is 10.8 Å². The molecule has 2 atom stereocenters. The smallest absolute Gasteiger partial charge is 0.312 e. The molecule has 4 aromatic rings. The van der Waals surface area contributed by atoms with Crippen molar-refractivity contribution in [2.45, 2.75) is 72.8 Å². The Labute approximate surface area is 257 Å². The van der Waals surface area contributed by atoms with Crippen LogP contribution in [-0.2, 0) is 19.1 Å². The number of benzene rings is 4. The molecule has 0 spiro atoms. The van der Waals surface area contributed by atoms with Gasteiger partial charge in [0.05, 0.1) is 24.0 Å². The van der Waals surface area contributed by atoms with Crippen molar-refractivity contribution in [2.75, 3.05) is 7.11 Å². The SMILES string of the molecule is CCC(C)(CC(CC(C)(C)C(=O)OC)c1ccccc1)C(=O)OC(C)C.Oc1ccccc1.c1ccc2ccccc2c1. The van der Waals surface area contributed by atoms with Crippen molar-refractivity contribution in [1.82, 2.24) is 0 Å². The number of phenolic OH excluding ortho intramolecular Hbond substituents is 1. The Morgan fingerprint density at radius 3 is 1.51 bits per heavy atom. The maximum absolute atomic E-state index is 12.7. The van der Waals surface area contributed by atoms with Gasteiger partial charge in [-0.2, -0.15) is 0 Å². The second-order valence-electron chi connectivity index (χ2n) is 11.9. The number of methoxy groups -OCH3 is 1. The van der Waals surface area contributed by atoms with Crippen molar-refractivity contribution in [3.05, 3.63) is 115 Å². The molecule has 0 saturated carbocycles. The maximum atomic E-state index is 12.7. The highest BCUT2D eigenvalue weighted by Gasteiger charge is 2.40. The van der Waals surface area contributed by atoms with Gasteiger partial charge in [0, 0.05) is 0 Å². The molecular formula is C38H48O5. The zero-order chi connectivity index (χ0) is 31.9. The number of rotatable bonds is 9. The average Bonchev–Trinajstić information content (AvgIpc) is 3.01. The third kappa shape index (κ3) is 11.6. The molecule has 43 heavy (non-hydrogen) atoms. The molecule has 5 nitrogen and oxygen atoms in total. The number of esters is 2. The largest absolute Gasteiger partial charge is 0.508 e. The van der Waals surface area contributed by atoms with E-state index in [9.17, 15) is 9.59 Å². The van der Waals surface area contributed by atoms with E-state index in [1.165, 1.54) is 17.9 Å². The van der Waals surface area contributed by atoms with Crippen LogP contribution in [0.1, 0.15) is 72.3 Å². The summed E-state index contributed by atoms with van der Waals surface area (Å²) in [7, 11) is 1.41. The number of carbonyl (C=O) groups excluding carboxylic acids is 2. The molecule has 5 heteroatoms. The highest BCUT2D eigenvalue weighted by atomic mass is 16.5. The summed E-state index contributed by atoms with van der Waals surface area (Å²) >= 11 is 0.